The first-order chi connectivity index (χ1) is 9.02. The van der Waals surface area contributed by atoms with Crippen LogP contribution in [-0.4, -0.2) is 23.0 Å². The Bertz CT molecular complexity index is 530. The number of nitrogens with two attached hydrogens (primary N) is 1. The number of oxime groups is 1. The van der Waals surface area contributed by atoms with Gasteiger partial charge in [0.1, 0.15) is 0 Å². The van der Waals surface area contributed by atoms with Gasteiger partial charge in [-0.05, 0) is 52.9 Å². The van der Waals surface area contributed by atoms with Crippen molar-refractivity contribution in [3.63, 3.8) is 0 Å². The van der Waals surface area contributed by atoms with Gasteiger partial charge in [-0.3, -0.25) is 4.79 Å². The van der Waals surface area contributed by atoms with Gasteiger partial charge >= 0.3 is 0 Å². The molecule has 1 atom stereocenters. The van der Waals surface area contributed by atoms with E-state index in [1.165, 1.54) is 0 Å². The van der Waals surface area contributed by atoms with Crippen LogP contribution in [0.4, 0.5) is 0 Å². The van der Waals surface area contributed by atoms with E-state index >= 15 is 0 Å². The molecule has 4 N–H and O–H groups in total. The lowest BCUT2D eigenvalue weighted by Crippen LogP contribution is -2.46. The number of carbonyl (C=O) groups is 1. The number of nitrogens with zero attached hydrogens (tertiary/aromatic N) is 1. The smallest absolute Gasteiger partial charge is 0.253 e. The Kier molecular flexibility index (Phi) is 4.46. The van der Waals surface area contributed by atoms with Gasteiger partial charge in [-0.2, -0.15) is 0 Å². The van der Waals surface area contributed by atoms with Crippen LogP contribution in [0.2, 0.25) is 0 Å². The molecule has 1 unspecified atom stereocenters. The van der Waals surface area contributed by atoms with Crippen LogP contribution in [0.5, 0.6) is 0 Å². The molecule has 7 heteroatoms. The summed E-state index contributed by atoms with van der Waals surface area (Å²) in [6.07, 6.45) is 1.95. The van der Waals surface area contributed by atoms with Gasteiger partial charge < -0.3 is 16.3 Å². The van der Waals surface area contributed by atoms with Crippen molar-refractivity contribution in [1.82, 2.24) is 5.32 Å². The molecule has 2 rings (SSSR count). The van der Waals surface area contributed by atoms with E-state index in [0.29, 0.717) is 10.0 Å². The fraction of sp³-hybridized carbons (Fsp3) is 0.333. The molecule has 0 aromatic heterocycles. The summed E-state index contributed by atoms with van der Waals surface area (Å²) in [6, 6.07) is 4.88. The molecule has 1 fully saturated rings. The van der Waals surface area contributed by atoms with Gasteiger partial charge in [-0.25, -0.2) is 0 Å². The van der Waals surface area contributed by atoms with Gasteiger partial charge in [-0.15, -0.1) is 0 Å². The molecule has 1 aliphatic carbocycles. The van der Waals surface area contributed by atoms with Crippen molar-refractivity contribution in [2.24, 2.45) is 16.8 Å². The molecule has 102 valence electrons. The Morgan fingerprint density at radius 3 is 2.68 bits per heavy atom. The van der Waals surface area contributed by atoms with Crippen LogP contribution in [0.1, 0.15) is 23.2 Å². The van der Waals surface area contributed by atoms with Crippen LogP contribution in [-0.2, 0) is 0 Å². The first-order valence-corrected chi connectivity index (χ1v) is 7.35. The summed E-state index contributed by atoms with van der Waals surface area (Å²) in [5.41, 5.74) is 6.13. The SMILES string of the molecule is N/C(=N/O)C(NC(=O)c1ccc(Br)cc1Br)C1CC1. The Labute approximate surface area is 127 Å². The molecule has 1 aromatic rings. The number of amides is 1. The molecule has 19 heavy (non-hydrogen) atoms. The maximum atomic E-state index is 12.2. The van der Waals surface area contributed by atoms with E-state index in [4.69, 9.17) is 10.9 Å². The zero-order valence-electron chi connectivity index (χ0n) is 9.94. The summed E-state index contributed by atoms with van der Waals surface area (Å²) in [4.78, 5) is 12.2. The quantitative estimate of drug-likeness (QED) is 0.319. The highest BCUT2D eigenvalue weighted by Crippen LogP contribution is 2.33. The van der Waals surface area contributed by atoms with Crippen LogP contribution in [0.25, 0.3) is 0 Å². The van der Waals surface area contributed by atoms with E-state index in [-0.39, 0.29) is 17.7 Å². The van der Waals surface area contributed by atoms with Gasteiger partial charge in [0.15, 0.2) is 5.84 Å². The van der Waals surface area contributed by atoms with E-state index in [1.807, 2.05) is 0 Å². The largest absolute Gasteiger partial charge is 0.409 e. The Hall–Kier alpha value is -1.08. The summed E-state index contributed by atoms with van der Waals surface area (Å²) < 4.78 is 1.57. The number of nitrogens with one attached hydrogen (secondary N) is 1. The molecular formula is C12H13Br2N3O2. The zero-order valence-corrected chi connectivity index (χ0v) is 13.1. The fourth-order valence-electron chi connectivity index (χ4n) is 1.82. The summed E-state index contributed by atoms with van der Waals surface area (Å²) in [6.45, 7) is 0. The summed E-state index contributed by atoms with van der Waals surface area (Å²) in [5.74, 6) is 0.0565. The van der Waals surface area contributed by atoms with Gasteiger partial charge in [0.25, 0.3) is 5.91 Å². The number of benzene rings is 1. The molecule has 0 spiro atoms. The second kappa shape index (κ2) is 5.92. The van der Waals surface area contributed by atoms with E-state index in [0.717, 1.165) is 17.3 Å². The first-order valence-electron chi connectivity index (χ1n) is 5.76. The first kappa shape index (κ1) is 14.3. The lowest BCUT2D eigenvalue weighted by molar-refractivity contribution is 0.0942. The second-order valence-electron chi connectivity index (χ2n) is 4.44. The molecule has 0 radical (unpaired) electrons. The highest BCUT2D eigenvalue weighted by molar-refractivity contribution is 9.11. The molecule has 0 heterocycles. The van der Waals surface area contributed by atoms with Crippen LogP contribution in [0.15, 0.2) is 32.3 Å². The number of rotatable bonds is 4. The zero-order chi connectivity index (χ0) is 14.0. The summed E-state index contributed by atoms with van der Waals surface area (Å²) in [5, 5.41) is 14.6. The van der Waals surface area contributed by atoms with E-state index < -0.39 is 6.04 Å². The minimum Gasteiger partial charge on any atom is -0.409 e. The predicted octanol–water partition coefficient (Wildman–Crippen LogP) is 2.47. The normalized spacial score (nSPS) is 17.1. The van der Waals surface area contributed by atoms with Gasteiger partial charge in [0.05, 0.1) is 11.6 Å². The van der Waals surface area contributed by atoms with Crippen molar-refractivity contribution in [2.75, 3.05) is 0 Å². The van der Waals surface area contributed by atoms with Crippen LogP contribution < -0.4 is 11.1 Å². The molecule has 1 aromatic carbocycles. The molecule has 1 saturated carbocycles. The number of carbonyl (C=O) groups excluding carboxylic acids is 1. The van der Waals surface area contributed by atoms with E-state index in [9.17, 15) is 4.79 Å². The molecule has 0 bridgehead atoms. The minimum absolute atomic E-state index is 0.0454. The van der Waals surface area contributed by atoms with Gasteiger partial charge in [-0.1, -0.05) is 21.1 Å². The number of amidine groups is 1. The Balaban J connectivity index is 2.15. The molecular weight excluding hydrogens is 378 g/mol. The lowest BCUT2D eigenvalue weighted by Gasteiger charge is -2.17. The van der Waals surface area contributed by atoms with Crippen molar-refractivity contribution >= 4 is 43.6 Å². The molecule has 1 amide bonds. The Morgan fingerprint density at radius 1 is 1.47 bits per heavy atom. The standard InChI is InChI=1S/C12H13Br2N3O2/c13-7-3-4-8(9(14)5-7)12(18)16-10(6-1-2-6)11(15)17-19/h3-6,10,19H,1-2H2,(H2,15,17)(H,16,18). The van der Waals surface area contributed by atoms with Crippen molar-refractivity contribution in [2.45, 2.75) is 18.9 Å². The molecule has 0 aliphatic heterocycles. The maximum absolute atomic E-state index is 12.2. The average Bonchev–Trinajstić information content (AvgIpc) is 3.19. The number of hydrogen-bond donors (Lipinski definition) is 3. The third kappa shape index (κ3) is 3.48. The third-order valence-electron chi connectivity index (χ3n) is 2.99. The van der Waals surface area contributed by atoms with E-state index in [2.05, 4.69) is 42.3 Å². The lowest BCUT2D eigenvalue weighted by atomic mass is 10.1. The van der Waals surface area contributed by atoms with Crippen molar-refractivity contribution in [1.29, 1.82) is 0 Å². The predicted molar refractivity (Wildman–Crippen MR) is 79.2 cm³/mol. The fourth-order valence-corrected chi connectivity index (χ4v) is 3.04. The van der Waals surface area contributed by atoms with Crippen molar-refractivity contribution < 1.29 is 10.0 Å². The molecule has 1 aliphatic rings. The van der Waals surface area contributed by atoms with Crippen molar-refractivity contribution in [3.8, 4) is 0 Å². The van der Waals surface area contributed by atoms with Crippen molar-refractivity contribution in [3.05, 3.63) is 32.7 Å². The summed E-state index contributed by atoms with van der Waals surface area (Å²) >= 11 is 6.67. The van der Waals surface area contributed by atoms with Crippen LogP contribution in [0, 0.1) is 5.92 Å². The van der Waals surface area contributed by atoms with Crippen LogP contribution in [0.3, 0.4) is 0 Å². The molecule has 0 saturated heterocycles. The third-order valence-corrected chi connectivity index (χ3v) is 4.14. The average molecular weight is 391 g/mol. The topological polar surface area (TPSA) is 87.7 Å². The number of halogens is 2. The highest BCUT2D eigenvalue weighted by atomic mass is 79.9. The molecule has 5 nitrogen and oxygen atoms in total. The number of hydrogen-bond acceptors (Lipinski definition) is 3. The summed E-state index contributed by atoms with van der Waals surface area (Å²) in [7, 11) is 0. The minimum atomic E-state index is -0.409. The Morgan fingerprint density at radius 2 is 2.16 bits per heavy atom. The maximum Gasteiger partial charge on any atom is 0.253 e. The van der Waals surface area contributed by atoms with Gasteiger partial charge in [0.2, 0.25) is 0 Å². The second-order valence-corrected chi connectivity index (χ2v) is 6.21. The van der Waals surface area contributed by atoms with Gasteiger partial charge in [0, 0.05) is 8.95 Å². The van der Waals surface area contributed by atoms with Crippen LogP contribution >= 0.6 is 31.9 Å². The highest BCUT2D eigenvalue weighted by Gasteiger charge is 2.35. The van der Waals surface area contributed by atoms with E-state index in [1.54, 1.807) is 18.2 Å². The monoisotopic (exact) mass is 389 g/mol.